The smallest absolute Gasteiger partial charge is 0.184 e. The molecule has 1 aliphatic rings. The molecule has 1 aliphatic heterocycles. The lowest BCUT2D eigenvalue weighted by atomic mass is 10.1. The molecule has 1 heterocycles. The predicted molar refractivity (Wildman–Crippen MR) is 30.0 cm³/mol. The van der Waals surface area contributed by atoms with E-state index in [2.05, 4.69) is 4.74 Å². The van der Waals surface area contributed by atoms with Crippen LogP contribution in [-0.2, 0) is 4.74 Å². The molecule has 1 unspecified atom stereocenters. The van der Waals surface area contributed by atoms with Gasteiger partial charge in [-0.15, -0.1) is 0 Å². The lowest BCUT2D eigenvalue weighted by Crippen LogP contribution is -2.33. The third-order valence-electron chi connectivity index (χ3n) is 1.52. The number of hydrogen-bond donors (Lipinski definition) is 4. The molecule has 1 rings (SSSR count). The van der Waals surface area contributed by atoms with E-state index in [1.165, 1.54) is 0 Å². The molecule has 0 bridgehead atoms. The lowest BCUT2D eigenvalue weighted by Gasteiger charge is -2.09. The van der Waals surface area contributed by atoms with Crippen LogP contribution in [0.5, 0.6) is 0 Å². The van der Waals surface area contributed by atoms with Crippen molar-refractivity contribution in [3.05, 3.63) is 0 Å². The van der Waals surface area contributed by atoms with Crippen molar-refractivity contribution in [3.63, 3.8) is 0 Å². The molecular weight excluding hydrogens is 140 g/mol. The van der Waals surface area contributed by atoms with Gasteiger partial charge < -0.3 is 25.2 Å². The van der Waals surface area contributed by atoms with Crippen molar-refractivity contribution >= 4 is 0 Å². The predicted octanol–water partition coefficient (Wildman–Crippen LogP) is -2.58. The molecule has 10 heavy (non-hydrogen) atoms. The number of aliphatic hydroxyl groups excluding tert-OH is 4. The second-order valence-electron chi connectivity index (χ2n) is 2.23. The van der Waals surface area contributed by atoms with Gasteiger partial charge in [0.1, 0.15) is 18.3 Å². The Morgan fingerprint density at radius 1 is 1.10 bits per heavy atom. The molecule has 5 heteroatoms. The summed E-state index contributed by atoms with van der Waals surface area (Å²) in [7, 11) is 0. The van der Waals surface area contributed by atoms with E-state index in [0.29, 0.717) is 0 Å². The molecule has 0 amide bonds. The molecule has 1 saturated heterocycles. The summed E-state index contributed by atoms with van der Waals surface area (Å²) in [5.74, 6) is 0. The summed E-state index contributed by atoms with van der Waals surface area (Å²) in [5.41, 5.74) is 0. The highest BCUT2D eigenvalue weighted by Crippen LogP contribution is 2.18. The minimum atomic E-state index is -1.38. The van der Waals surface area contributed by atoms with E-state index < -0.39 is 31.2 Å². The monoisotopic (exact) mass is 150 g/mol. The van der Waals surface area contributed by atoms with Crippen LogP contribution in [0, 0.1) is 0 Å². The molecule has 5 nitrogen and oxygen atoms in total. The number of hydrogen-bond acceptors (Lipinski definition) is 5. The molecule has 60 valence electrons. The summed E-state index contributed by atoms with van der Waals surface area (Å²) in [6.07, 6.45) is -4.76. The van der Waals surface area contributed by atoms with Crippen molar-refractivity contribution in [1.82, 2.24) is 0 Å². The maximum atomic E-state index is 8.93. The average molecular weight is 150 g/mol. The summed E-state index contributed by atoms with van der Waals surface area (Å²) < 4.78 is 4.54. The van der Waals surface area contributed by atoms with E-state index in [9.17, 15) is 0 Å². The molecule has 0 aromatic rings. The van der Waals surface area contributed by atoms with E-state index in [1.807, 2.05) is 0 Å². The van der Waals surface area contributed by atoms with Gasteiger partial charge >= 0.3 is 0 Å². The maximum absolute atomic E-state index is 8.93. The molecule has 0 spiro atoms. The zero-order valence-corrected chi connectivity index (χ0v) is 5.21. The molecule has 0 radical (unpaired) electrons. The third-order valence-corrected chi connectivity index (χ3v) is 1.52. The van der Waals surface area contributed by atoms with E-state index in [4.69, 9.17) is 20.4 Å². The van der Waals surface area contributed by atoms with E-state index >= 15 is 0 Å². The Kier molecular flexibility index (Phi) is 2.22. The van der Waals surface area contributed by atoms with Gasteiger partial charge in [0.2, 0.25) is 0 Å². The highest BCUT2D eigenvalue weighted by atomic mass is 16.6. The van der Waals surface area contributed by atoms with Crippen LogP contribution >= 0.6 is 0 Å². The highest BCUT2D eigenvalue weighted by Gasteiger charge is 2.41. The Bertz CT molecular complexity index is 117. The Morgan fingerprint density at radius 3 is 1.90 bits per heavy atom. The maximum Gasteiger partial charge on any atom is 0.184 e. The van der Waals surface area contributed by atoms with Crippen LogP contribution in [0.15, 0.2) is 0 Å². The number of ether oxygens (including phenoxy) is 1. The van der Waals surface area contributed by atoms with Crippen LogP contribution in [0.2, 0.25) is 0 Å². The van der Waals surface area contributed by atoms with Crippen molar-refractivity contribution in [3.8, 4) is 0 Å². The molecule has 0 aliphatic carbocycles. The molecule has 1 fully saturated rings. The van der Waals surface area contributed by atoms with Gasteiger partial charge in [-0.1, -0.05) is 0 Å². The number of rotatable bonds is 1. The first-order valence-electron chi connectivity index (χ1n) is 2.97. The molecule has 4 atom stereocenters. The van der Waals surface area contributed by atoms with Crippen molar-refractivity contribution in [1.29, 1.82) is 0 Å². The van der Waals surface area contributed by atoms with E-state index in [0.717, 1.165) is 0 Å². The van der Waals surface area contributed by atoms with Gasteiger partial charge in [0.25, 0.3) is 0 Å². The minimum absolute atomic E-state index is 0.407. The SMILES string of the molecule is OC[C@@H]1O[C@@H](O)C(O)[C@@H]1O. The van der Waals surface area contributed by atoms with E-state index in [-0.39, 0.29) is 0 Å². The van der Waals surface area contributed by atoms with Gasteiger partial charge in [-0.05, 0) is 0 Å². The number of aliphatic hydroxyl groups is 4. The van der Waals surface area contributed by atoms with Gasteiger partial charge in [-0.3, -0.25) is 0 Å². The minimum Gasteiger partial charge on any atom is -0.394 e. The zero-order valence-electron chi connectivity index (χ0n) is 5.21. The summed E-state index contributed by atoms with van der Waals surface area (Å²) >= 11 is 0. The van der Waals surface area contributed by atoms with Crippen LogP contribution in [0.1, 0.15) is 0 Å². The average Bonchev–Trinajstić information content (AvgIpc) is 2.17. The molecule has 0 aromatic heterocycles. The Labute approximate surface area is 57.5 Å². The fourth-order valence-electron chi connectivity index (χ4n) is 0.880. The van der Waals surface area contributed by atoms with Gasteiger partial charge in [-0.25, -0.2) is 0 Å². The fraction of sp³-hybridized carbons (Fsp3) is 1.00. The largest absolute Gasteiger partial charge is 0.394 e. The van der Waals surface area contributed by atoms with Crippen molar-refractivity contribution in [2.45, 2.75) is 24.6 Å². The first-order valence-corrected chi connectivity index (χ1v) is 2.97. The van der Waals surface area contributed by atoms with Crippen LogP contribution in [0.25, 0.3) is 0 Å². The van der Waals surface area contributed by atoms with Crippen molar-refractivity contribution in [2.75, 3.05) is 6.61 Å². The Morgan fingerprint density at radius 2 is 1.70 bits per heavy atom. The van der Waals surface area contributed by atoms with Crippen molar-refractivity contribution < 1.29 is 25.2 Å². The fourth-order valence-corrected chi connectivity index (χ4v) is 0.880. The Hall–Kier alpha value is -0.200. The summed E-state index contributed by atoms with van der Waals surface area (Å²) in [6, 6.07) is 0. The molecule has 4 N–H and O–H groups in total. The van der Waals surface area contributed by atoms with Crippen LogP contribution in [-0.4, -0.2) is 51.6 Å². The summed E-state index contributed by atoms with van der Waals surface area (Å²) in [6.45, 7) is -0.407. The molecule has 0 aromatic carbocycles. The van der Waals surface area contributed by atoms with Crippen LogP contribution in [0.4, 0.5) is 0 Å². The standard InChI is InChI=1S/C5H10O5/c6-1-2-3(7)4(8)5(9)10-2/h2-9H,1H2/t2-,3+,4?,5+/m0/s1. The van der Waals surface area contributed by atoms with Gasteiger partial charge in [-0.2, -0.15) is 0 Å². The zero-order chi connectivity index (χ0) is 7.72. The van der Waals surface area contributed by atoms with Crippen LogP contribution < -0.4 is 0 Å². The third kappa shape index (κ3) is 1.14. The first kappa shape index (κ1) is 7.90. The van der Waals surface area contributed by atoms with E-state index in [1.54, 1.807) is 0 Å². The van der Waals surface area contributed by atoms with Gasteiger partial charge in [0.15, 0.2) is 6.29 Å². The molecular formula is C5H10O5. The Balaban J connectivity index is 2.53. The first-order chi connectivity index (χ1) is 4.66. The van der Waals surface area contributed by atoms with Gasteiger partial charge in [0, 0.05) is 0 Å². The second kappa shape index (κ2) is 2.81. The molecule has 0 saturated carbocycles. The normalized spacial score (nSPS) is 48.0. The summed E-state index contributed by atoms with van der Waals surface area (Å²) in [4.78, 5) is 0. The van der Waals surface area contributed by atoms with Gasteiger partial charge in [0.05, 0.1) is 6.61 Å². The topological polar surface area (TPSA) is 90.2 Å². The summed E-state index contributed by atoms with van der Waals surface area (Å²) in [5, 5.41) is 35.0. The van der Waals surface area contributed by atoms with Crippen LogP contribution in [0.3, 0.4) is 0 Å². The van der Waals surface area contributed by atoms with Crippen molar-refractivity contribution in [2.24, 2.45) is 0 Å². The lowest BCUT2D eigenvalue weighted by molar-refractivity contribution is -0.132. The highest BCUT2D eigenvalue weighted by molar-refractivity contribution is 4.84. The quantitative estimate of drug-likeness (QED) is 0.329. The second-order valence-corrected chi connectivity index (χ2v) is 2.23.